The molecule has 0 saturated carbocycles. The average molecular weight is 311 g/mol. The molecule has 3 nitrogen and oxygen atoms in total. The number of carbonyl (C=O) groups is 1. The molecule has 2 heterocycles. The minimum Gasteiger partial charge on any atom is -0.342 e. The third-order valence-electron chi connectivity index (χ3n) is 4.90. The molecule has 2 aliphatic rings. The van der Waals surface area contributed by atoms with Gasteiger partial charge >= 0.3 is 0 Å². The van der Waals surface area contributed by atoms with Crippen LogP contribution in [-0.2, 0) is 11.2 Å². The number of rotatable bonds is 2. The maximum absolute atomic E-state index is 13.8. The molecular formula is C16H20ClFN2O. The summed E-state index contributed by atoms with van der Waals surface area (Å²) in [4.78, 5) is 14.2. The van der Waals surface area contributed by atoms with Gasteiger partial charge in [0, 0.05) is 30.2 Å². The smallest absolute Gasteiger partial charge is 0.227 e. The van der Waals surface area contributed by atoms with Crippen LogP contribution < -0.4 is 5.32 Å². The molecule has 2 aliphatic heterocycles. The second kappa shape index (κ2) is 5.93. The summed E-state index contributed by atoms with van der Waals surface area (Å²) in [5.41, 5.74) is 0.693. The summed E-state index contributed by atoms with van der Waals surface area (Å²) in [5.74, 6) is -0.424. The normalized spacial score (nSPS) is 21.0. The van der Waals surface area contributed by atoms with Crippen molar-refractivity contribution in [2.75, 3.05) is 26.2 Å². The molecule has 2 saturated heterocycles. The van der Waals surface area contributed by atoms with Gasteiger partial charge in [0.25, 0.3) is 0 Å². The quantitative estimate of drug-likeness (QED) is 0.911. The maximum Gasteiger partial charge on any atom is 0.227 e. The molecule has 0 radical (unpaired) electrons. The molecule has 5 heteroatoms. The van der Waals surface area contributed by atoms with E-state index in [4.69, 9.17) is 11.6 Å². The maximum atomic E-state index is 13.8. The van der Waals surface area contributed by atoms with E-state index in [2.05, 4.69) is 5.32 Å². The van der Waals surface area contributed by atoms with Crippen molar-refractivity contribution >= 4 is 17.5 Å². The molecule has 0 atom stereocenters. The first kappa shape index (κ1) is 14.8. The van der Waals surface area contributed by atoms with Crippen molar-refractivity contribution in [1.82, 2.24) is 10.2 Å². The summed E-state index contributed by atoms with van der Waals surface area (Å²) < 4.78 is 13.8. The van der Waals surface area contributed by atoms with Gasteiger partial charge in [-0.1, -0.05) is 17.7 Å². The number of piperidine rings is 1. The molecule has 1 N–H and O–H groups in total. The van der Waals surface area contributed by atoms with Gasteiger partial charge in [0.15, 0.2) is 0 Å². The van der Waals surface area contributed by atoms with Crippen molar-refractivity contribution in [3.63, 3.8) is 0 Å². The Kier molecular flexibility index (Phi) is 4.18. The van der Waals surface area contributed by atoms with E-state index in [-0.39, 0.29) is 12.3 Å². The molecule has 21 heavy (non-hydrogen) atoms. The van der Waals surface area contributed by atoms with Gasteiger partial charge in [0.05, 0.1) is 6.42 Å². The molecule has 1 aromatic rings. The molecule has 114 valence electrons. The van der Waals surface area contributed by atoms with E-state index in [9.17, 15) is 9.18 Å². The van der Waals surface area contributed by atoms with Crippen LogP contribution >= 0.6 is 11.6 Å². The molecular weight excluding hydrogens is 291 g/mol. The molecule has 0 unspecified atom stereocenters. The standard InChI is InChI=1S/C16H20ClFN2O/c17-13-2-1-3-14(18)12(13)10-15(21)20-8-5-16(6-9-20)4-7-19-11-16/h1-3,19H,4-11H2. The lowest BCUT2D eigenvalue weighted by Gasteiger charge is -2.39. The molecule has 1 amide bonds. The molecule has 0 bridgehead atoms. The predicted octanol–water partition coefficient (Wildman–Crippen LogP) is 2.62. The van der Waals surface area contributed by atoms with Crippen LogP contribution in [0, 0.1) is 11.2 Å². The minimum absolute atomic E-state index is 0.0252. The lowest BCUT2D eigenvalue weighted by molar-refractivity contribution is -0.132. The highest BCUT2D eigenvalue weighted by molar-refractivity contribution is 6.31. The first-order valence-electron chi connectivity index (χ1n) is 7.51. The van der Waals surface area contributed by atoms with E-state index < -0.39 is 5.82 Å². The van der Waals surface area contributed by atoms with Gasteiger partial charge in [-0.2, -0.15) is 0 Å². The number of likely N-dealkylation sites (tertiary alicyclic amines) is 1. The zero-order valence-electron chi connectivity index (χ0n) is 12.0. The molecule has 1 spiro atoms. The molecule has 0 aromatic heterocycles. The van der Waals surface area contributed by atoms with Crippen molar-refractivity contribution in [3.05, 3.63) is 34.6 Å². The lowest BCUT2D eigenvalue weighted by atomic mass is 9.78. The van der Waals surface area contributed by atoms with Gasteiger partial charge in [0.2, 0.25) is 5.91 Å². The molecule has 2 fully saturated rings. The predicted molar refractivity (Wildman–Crippen MR) is 80.8 cm³/mol. The van der Waals surface area contributed by atoms with Crippen molar-refractivity contribution in [2.45, 2.75) is 25.7 Å². The van der Waals surface area contributed by atoms with Gasteiger partial charge in [-0.05, 0) is 43.4 Å². The highest BCUT2D eigenvalue weighted by Gasteiger charge is 2.38. The third-order valence-corrected chi connectivity index (χ3v) is 5.25. The zero-order chi connectivity index (χ0) is 14.9. The second-order valence-corrected chi connectivity index (χ2v) is 6.59. The van der Waals surface area contributed by atoms with Crippen LogP contribution in [0.3, 0.4) is 0 Å². The van der Waals surface area contributed by atoms with Crippen molar-refractivity contribution in [2.24, 2.45) is 5.41 Å². The SMILES string of the molecule is O=C(Cc1c(F)cccc1Cl)N1CCC2(CCNC2)CC1. The van der Waals surface area contributed by atoms with Gasteiger partial charge in [0.1, 0.15) is 5.82 Å². The van der Waals surface area contributed by atoms with Crippen LogP contribution in [0.25, 0.3) is 0 Å². The van der Waals surface area contributed by atoms with Crippen LogP contribution in [0.2, 0.25) is 5.02 Å². The van der Waals surface area contributed by atoms with Crippen LogP contribution in [0.1, 0.15) is 24.8 Å². The third kappa shape index (κ3) is 3.06. The molecule has 3 rings (SSSR count). The van der Waals surface area contributed by atoms with Gasteiger partial charge in [-0.3, -0.25) is 4.79 Å². The first-order valence-corrected chi connectivity index (χ1v) is 7.89. The summed E-state index contributed by atoms with van der Waals surface area (Å²) in [6.45, 7) is 3.69. The van der Waals surface area contributed by atoms with Crippen LogP contribution in [-0.4, -0.2) is 37.0 Å². The Morgan fingerprint density at radius 2 is 2.10 bits per heavy atom. The lowest BCUT2D eigenvalue weighted by Crippen LogP contribution is -2.44. The fourth-order valence-corrected chi connectivity index (χ4v) is 3.65. The number of nitrogens with zero attached hydrogens (tertiary/aromatic N) is 1. The number of nitrogens with one attached hydrogen (secondary N) is 1. The van der Waals surface area contributed by atoms with Crippen LogP contribution in [0.5, 0.6) is 0 Å². The molecule has 0 aliphatic carbocycles. The fraction of sp³-hybridized carbons (Fsp3) is 0.562. The number of carbonyl (C=O) groups excluding carboxylic acids is 1. The van der Waals surface area contributed by atoms with E-state index in [1.165, 1.54) is 12.5 Å². The topological polar surface area (TPSA) is 32.3 Å². The van der Waals surface area contributed by atoms with E-state index in [0.29, 0.717) is 16.0 Å². The summed E-state index contributed by atoms with van der Waals surface area (Å²) in [7, 11) is 0. The van der Waals surface area contributed by atoms with Crippen molar-refractivity contribution in [1.29, 1.82) is 0 Å². The Morgan fingerprint density at radius 3 is 2.71 bits per heavy atom. The number of hydrogen-bond acceptors (Lipinski definition) is 2. The van der Waals surface area contributed by atoms with Crippen LogP contribution in [0.15, 0.2) is 18.2 Å². The highest BCUT2D eigenvalue weighted by atomic mass is 35.5. The average Bonchev–Trinajstić information content (AvgIpc) is 2.92. The fourth-order valence-electron chi connectivity index (χ4n) is 3.42. The van der Waals surface area contributed by atoms with E-state index >= 15 is 0 Å². The monoisotopic (exact) mass is 310 g/mol. The highest BCUT2D eigenvalue weighted by Crippen LogP contribution is 2.37. The van der Waals surface area contributed by atoms with Crippen LogP contribution in [0.4, 0.5) is 4.39 Å². The zero-order valence-corrected chi connectivity index (χ0v) is 12.8. The largest absolute Gasteiger partial charge is 0.342 e. The summed E-state index contributed by atoms with van der Waals surface area (Å²) >= 11 is 5.99. The minimum atomic E-state index is -0.399. The van der Waals surface area contributed by atoms with Gasteiger partial charge in [-0.15, -0.1) is 0 Å². The second-order valence-electron chi connectivity index (χ2n) is 6.18. The summed E-state index contributed by atoms with van der Waals surface area (Å²) in [6.07, 6.45) is 3.33. The first-order chi connectivity index (χ1) is 10.1. The number of benzene rings is 1. The Morgan fingerprint density at radius 1 is 1.33 bits per heavy atom. The summed E-state index contributed by atoms with van der Waals surface area (Å²) in [6, 6.07) is 4.54. The number of hydrogen-bond donors (Lipinski definition) is 1. The van der Waals surface area contributed by atoms with E-state index in [1.807, 2.05) is 4.90 Å². The van der Waals surface area contributed by atoms with E-state index in [1.54, 1.807) is 12.1 Å². The van der Waals surface area contributed by atoms with Gasteiger partial charge < -0.3 is 10.2 Å². The Hall–Kier alpha value is -1.13. The Labute approximate surface area is 129 Å². The van der Waals surface area contributed by atoms with Gasteiger partial charge in [-0.25, -0.2) is 4.39 Å². The Balaban J connectivity index is 1.62. The van der Waals surface area contributed by atoms with Crippen molar-refractivity contribution in [3.8, 4) is 0 Å². The number of amides is 1. The molecule has 1 aromatic carbocycles. The Bertz CT molecular complexity index is 513. The van der Waals surface area contributed by atoms with Crippen molar-refractivity contribution < 1.29 is 9.18 Å². The summed E-state index contributed by atoms with van der Waals surface area (Å²) in [5, 5.41) is 3.74. The number of halogens is 2. The van der Waals surface area contributed by atoms with E-state index in [0.717, 1.165) is 39.0 Å².